The summed E-state index contributed by atoms with van der Waals surface area (Å²) in [4.78, 5) is 13.7. The molecule has 38 heavy (non-hydrogen) atoms. The number of anilines is 1. The average molecular weight is 541 g/mol. The Morgan fingerprint density at radius 2 is 1.84 bits per heavy atom. The van der Waals surface area contributed by atoms with Gasteiger partial charge in [0.15, 0.2) is 0 Å². The molecule has 3 aromatic rings. The first kappa shape index (κ1) is 26.5. The predicted molar refractivity (Wildman–Crippen MR) is 142 cm³/mol. The van der Waals surface area contributed by atoms with Crippen LogP contribution in [0.1, 0.15) is 65.0 Å². The van der Waals surface area contributed by atoms with Crippen LogP contribution in [0.15, 0.2) is 54.6 Å². The normalized spacial score (nSPS) is 23.2. The minimum Gasteiger partial charge on any atom is -0.382 e. The number of nitrogens with two attached hydrogens (primary N) is 1. The second-order valence-corrected chi connectivity index (χ2v) is 12.4. The number of rotatable bonds is 5. The van der Waals surface area contributed by atoms with Gasteiger partial charge in [-0.3, -0.25) is 4.79 Å². The number of aromatic nitrogens is 2. The third-order valence-corrected chi connectivity index (χ3v) is 10.4. The van der Waals surface area contributed by atoms with E-state index >= 15 is 4.39 Å². The maximum absolute atomic E-state index is 15.7. The molecule has 2 aliphatic rings. The molecule has 0 saturated carbocycles. The molecular weight excluding hydrogens is 507 g/mol. The molecule has 0 bridgehead atoms. The summed E-state index contributed by atoms with van der Waals surface area (Å²) in [6, 6.07) is 15.2. The van der Waals surface area contributed by atoms with E-state index in [0.717, 1.165) is 5.56 Å². The second kappa shape index (κ2) is 10.2. The van der Waals surface area contributed by atoms with Crippen LogP contribution in [0.5, 0.6) is 0 Å². The lowest BCUT2D eigenvalue weighted by atomic mass is 9.73. The highest BCUT2D eigenvalue weighted by atomic mass is 32.2. The number of aryl methyl sites for hydroxylation is 1. The lowest BCUT2D eigenvalue weighted by molar-refractivity contribution is 0.0353. The first-order valence-corrected chi connectivity index (χ1v) is 14.4. The van der Waals surface area contributed by atoms with Crippen molar-refractivity contribution in [3.63, 3.8) is 0 Å². The highest BCUT2D eigenvalue weighted by Crippen LogP contribution is 2.40. The summed E-state index contributed by atoms with van der Waals surface area (Å²) in [5.74, 6) is -0.576. The van der Waals surface area contributed by atoms with Crippen molar-refractivity contribution in [1.82, 2.24) is 14.1 Å². The number of hydrogen-bond acceptors (Lipinski definition) is 6. The largest absolute Gasteiger partial charge is 0.382 e. The smallest absolute Gasteiger partial charge is 0.257 e. The summed E-state index contributed by atoms with van der Waals surface area (Å²) in [7, 11) is -3.70. The van der Waals surface area contributed by atoms with E-state index in [-0.39, 0.29) is 29.9 Å². The summed E-state index contributed by atoms with van der Waals surface area (Å²) in [5.41, 5.74) is 6.94. The Hall–Kier alpha value is -3.08. The van der Waals surface area contributed by atoms with Crippen LogP contribution in [0, 0.1) is 12.7 Å². The summed E-state index contributed by atoms with van der Waals surface area (Å²) < 4.78 is 51.1. The molecule has 1 aromatic heterocycles. The van der Waals surface area contributed by atoms with Gasteiger partial charge in [-0.1, -0.05) is 42.5 Å². The Kier molecular flexibility index (Phi) is 7.15. The van der Waals surface area contributed by atoms with E-state index in [1.807, 2.05) is 37.3 Å². The zero-order valence-corrected chi connectivity index (χ0v) is 22.5. The van der Waals surface area contributed by atoms with E-state index in [1.54, 1.807) is 25.1 Å². The van der Waals surface area contributed by atoms with Gasteiger partial charge in [0.1, 0.15) is 16.9 Å². The van der Waals surface area contributed by atoms with Gasteiger partial charge in [-0.2, -0.15) is 4.31 Å². The molecule has 2 N–H and O–H groups in total. The summed E-state index contributed by atoms with van der Waals surface area (Å²) in [5, 5.41) is 3.51. The zero-order chi connectivity index (χ0) is 27.1. The molecule has 2 aromatic carbocycles. The van der Waals surface area contributed by atoms with Crippen LogP contribution in [0.3, 0.4) is 0 Å². The highest BCUT2D eigenvalue weighted by molar-refractivity contribution is 7.89. The van der Waals surface area contributed by atoms with Crippen molar-refractivity contribution in [2.75, 3.05) is 18.9 Å². The fraction of sp³-hybridized carbons (Fsp3) is 0.429. The van der Waals surface area contributed by atoms with Crippen molar-refractivity contribution < 1.29 is 22.3 Å². The first-order valence-electron chi connectivity index (χ1n) is 12.9. The van der Waals surface area contributed by atoms with Gasteiger partial charge in [0.2, 0.25) is 10.0 Å². The number of hydrogen-bond donors (Lipinski definition) is 1. The molecule has 8 nitrogen and oxygen atoms in total. The van der Waals surface area contributed by atoms with E-state index in [9.17, 15) is 13.2 Å². The Morgan fingerprint density at radius 3 is 2.47 bits per heavy atom. The van der Waals surface area contributed by atoms with Crippen LogP contribution in [0.25, 0.3) is 0 Å². The zero-order valence-electron chi connectivity index (χ0n) is 21.6. The van der Waals surface area contributed by atoms with Crippen molar-refractivity contribution in [3.05, 3.63) is 82.8 Å². The van der Waals surface area contributed by atoms with Crippen molar-refractivity contribution in [3.8, 4) is 0 Å². The standard InChI is InChI=1S/C28H33FN4O4S/c1-19-8-11-25(21-6-4-3-5-7-21)38(35,36)32(19)18-22-9-10-23(17-24(22)29)28(12-14-37-15-13-28)27(34)33-20(2)16-26(30)31-33/h3-7,9-10,16-17,19,25H,8,11-15,18H2,1-2H3,(H2,30,31)/t19-,25+/m0/s1. The molecule has 2 atom stereocenters. The van der Waals surface area contributed by atoms with Gasteiger partial charge in [0, 0.05) is 43.1 Å². The van der Waals surface area contributed by atoms with Gasteiger partial charge < -0.3 is 10.5 Å². The third kappa shape index (κ3) is 4.65. The maximum atomic E-state index is 15.7. The fourth-order valence-electron chi connectivity index (χ4n) is 5.75. The molecular formula is C28H33FN4O4S. The number of halogens is 1. The fourth-order valence-corrected chi connectivity index (χ4v) is 7.93. The molecule has 10 heteroatoms. The van der Waals surface area contributed by atoms with Crippen LogP contribution in [-0.4, -0.2) is 47.7 Å². The van der Waals surface area contributed by atoms with Gasteiger partial charge >= 0.3 is 0 Å². The van der Waals surface area contributed by atoms with Gasteiger partial charge in [0.25, 0.3) is 5.91 Å². The minimum absolute atomic E-state index is 0.0716. The van der Waals surface area contributed by atoms with Gasteiger partial charge in [-0.25, -0.2) is 17.5 Å². The van der Waals surface area contributed by atoms with E-state index < -0.39 is 26.5 Å². The molecule has 2 aliphatic heterocycles. The molecule has 0 spiro atoms. The van der Waals surface area contributed by atoms with Gasteiger partial charge in [-0.15, -0.1) is 5.10 Å². The van der Waals surface area contributed by atoms with Crippen LogP contribution in [0.4, 0.5) is 10.2 Å². The van der Waals surface area contributed by atoms with Crippen molar-refractivity contribution in [2.24, 2.45) is 0 Å². The van der Waals surface area contributed by atoms with E-state index in [2.05, 4.69) is 5.10 Å². The van der Waals surface area contributed by atoms with E-state index in [0.29, 0.717) is 50.2 Å². The number of sulfonamides is 1. The quantitative estimate of drug-likeness (QED) is 0.515. The molecule has 3 heterocycles. The molecule has 0 amide bonds. The predicted octanol–water partition coefficient (Wildman–Crippen LogP) is 4.36. The summed E-state index contributed by atoms with van der Waals surface area (Å²) >= 11 is 0. The molecule has 2 saturated heterocycles. The number of nitrogens with zero attached hydrogens (tertiary/aromatic N) is 3. The topological polar surface area (TPSA) is 108 Å². The monoisotopic (exact) mass is 540 g/mol. The van der Waals surface area contributed by atoms with Crippen molar-refractivity contribution in [1.29, 1.82) is 0 Å². The summed E-state index contributed by atoms with van der Waals surface area (Å²) in [6.07, 6.45) is 1.96. The molecule has 202 valence electrons. The van der Waals surface area contributed by atoms with Crippen LogP contribution < -0.4 is 5.73 Å². The minimum atomic E-state index is -3.70. The van der Waals surface area contributed by atoms with Gasteiger partial charge in [0.05, 0.1) is 5.41 Å². The number of ether oxygens (including phenoxy) is 1. The van der Waals surface area contributed by atoms with Crippen LogP contribution in [-0.2, 0) is 26.7 Å². The molecule has 0 unspecified atom stereocenters. The number of carbonyl (C=O) groups is 1. The Labute approximate surface area is 222 Å². The van der Waals surface area contributed by atoms with E-state index in [1.165, 1.54) is 15.1 Å². The SMILES string of the molecule is Cc1cc(N)nn1C(=O)C1(c2ccc(CN3[C@@H](C)CC[C@H](c4ccccc4)S3(=O)=O)c(F)c2)CCOCC1. The van der Waals surface area contributed by atoms with Gasteiger partial charge in [-0.05, 0) is 56.7 Å². The maximum Gasteiger partial charge on any atom is 0.257 e. The second-order valence-electron chi connectivity index (χ2n) is 10.3. The Balaban J connectivity index is 1.46. The number of benzene rings is 2. The lowest BCUT2D eigenvalue weighted by Gasteiger charge is -2.38. The average Bonchev–Trinajstić information content (AvgIpc) is 3.25. The van der Waals surface area contributed by atoms with Crippen LogP contribution >= 0.6 is 0 Å². The molecule has 2 fully saturated rings. The molecule has 0 aliphatic carbocycles. The number of nitrogen functional groups attached to an aromatic ring is 1. The van der Waals surface area contributed by atoms with Crippen LogP contribution in [0.2, 0.25) is 0 Å². The Morgan fingerprint density at radius 1 is 1.13 bits per heavy atom. The third-order valence-electron chi connectivity index (χ3n) is 7.98. The lowest BCUT2D eigenvalue weighted by Crippen LogP contribution is -2.45. The number of carbonyl (C=O) groups excluding carboxylic acids is 1. The first-order chi connectivity index (χ1) is 18.1. The molecule has 0 radical (unpaired) electrons. The van der Waals surface area contributed by atoms with Crippen molar-refractivity contribution in [2.45, 2.75) is 62.8 Å². The molecule has 5 rings (SSSR count). The summed E-state index contributed by atoms with van der Waals surface area (Å²) in [6.45, 7) is 4.25. The van der Waals surface area contributed by atoms with E-state index in [4.69, 9.17) is 10.5 Å². The van der Waals surface area contributed by atoms with Crippen molar-refractivity contribution >= 4 is 21.7 Å². The Bertz CT molecular complexity index is 1430. The highest BCUT2D eigenvalue weighted by Gasteiger charge is 2.44.